The Morgan fingerprint density at radius 2 is 1.96 bits per heavy atom. The number of halogens is 1. The minimum atomic E-state index is -0.580. The Balaban J connectivity index is 1.99. The maximum atomic E-state index is 12.8. The number of benzene rings is 2. The van der Waals surface area contributed by atoms with E-state index < -0.39 is 6.67 Å². The van der Waals surface area contributed by atoms with Crippen molar-refractivity contribution in [1.29, 1.82) is 0 Å². The number of thiophene rings is 1. The number of alkyl halides is 1. The summed E-state index contributed by atoms with van der Waals surface area (Å²) in [7, 11) is 0. The van der Waals surface area contributed by atoms with Crippen LogP contribution < -0.4 is 5.56 Å². The second-order valence-corrected chi connectivity index (χ2v) is 6.55. The van der Waals surface area contributed by atoms with Crippen molar-refractivity contribution in [3.63, 3.8) is 0 Å². The number of nitrogens with zero attached hydrogens (tertiary/aromatic N) is 2. The topological polar surface area (TPSA) is 34.9 Å². The molecule has 0 atom stereocenters. The van der Waals surface area contributed by atoms with E-state index in [0.29, 0.717) is 16.0 Å². The molecule has 0 bridgehead atoms. The van der Waals surface area contributed by atoms with E-state index in [2.05, 4.69) is 29.2 Å². The predicted molar refractivity (Wildman–Crippen MR) is 97.5 cm³/mol. The number of fused-ring (bicyclic) bond motifs is 2. The molecule has 0 saturated carbocycles. The lowest BCUT2D eigenvalue weighted by molar-refractivity contribution is 0.435. The molecule has 3 nitrogen and oxygen atoms in total. The van der Waals surface area contributed by atoms with E-state index in [1.54, 1.807) is 6.92 Å². The molecular weight excluding hydrogens is 323 g/mol. The maximum Gasteiger partial charge on any atom is 0.262 e. The van der Waals surface area contributed by atoms with E-state index >= 15 is 0 Å². The number of aryl methyl sites for hydroxylation is 1. The Morgan fingerprint density at radius 1 is 1.17 bits per heavy atom. The zero-order valence-electron chi connectivity index (χ0n) is 13.1. The van der Waals surface area contributed by atoms with Gasteiger partial charge in [-0.05, 0) is 29.3 Å². The quantitative estimate of drug-likeness (QED) is 0.549. The van der Waals surface area contributed by atoms with Crippen molar-refractivity contribution in [2.24, 2.45) is 0 Å². The second-order valence-electron chi connectivity index (χ2n) is 5.70. The van der Waals surface area contributed by atoms with Crippen molar-refractivity contribution in [2.75, 3.05) is 6.67 Å². The zero-order valence-corrected chi connectivity index (χ0v) is 13.9. The number of hydrogen-bond acceptors (Lipinski definition) is 3. The van der Waals surface area contributed by atoms with Crippen LogP contribution in [0.15, 0.2) is 52.6 Å². The van der Waals surface area contributed by atoms with Gasteiger partial charge in [-0.25, -0.2) is 9.37 Å². The van der Waals surface area contributed by atoms with Crippen LogP contribution in [0, 0.1) is 6.92 Å². The molecule has 4 aromatic rings. The van der Waals surface area contributed by atoms with Gasteiger partial charge >= 0.3 is 0 Å². The minimum Gasteiger partial charge on any atom is -0.294 e. The van der Waals surface area contributed by atoms with Gasteiger partial charge < -0.3 is 0 Å². The van der Waals surface area contributed by atoms with Crippen molar-refractivity contribution in [3.05, 3.63) is 64.0 Å². The van der Waals surface area contributed by atoms with Crippen molar-refractivity contribution in [1.82, 2.24) is 9.55 Å². The van der Waals surface area contributed by atoms with Crippen LogP contribution in [0.4, 0.5) is 4.39 Å². The van der Waals surface area contributed by atoms with Gasteiger partial charge in [-0.15, -0.1) is 11.3 Å². The van der Waals surface area contributed by atoms with Crippen LogP contribution in [0.2, 0.25) is 0 Å². The van der Waals surface area contributed by atoms with Crippen molar-refractivity contribution in [2.45, 2.75) is 13.5 Å². The van der Waals surface area contributed by atoms with E-state index in [1.807, 2.05) is 23.6 Å². The predicted octanol–water partition coefficient (Wildman–Crippen LogP) is 4.56. The van der Waals surface area contributed by atoms with Gasteiger partial charge in [0.25, 0.3) is 5.56 Å². The van der Waals surface area contributed by atoms with E-state index in [1.165, 1.54) is 15.9 Å². The molecule has 0 aliphatic carbocycles. The zero-order chi connectivity index (χ0) is 16.7. The third kappa shape index (κ3) is 2.32. The first-order valence-electron chi connectivity index (χ1n) is 7.73. The molecule has 0 saturated heterocycles. The molecule has 0 aliphatic rings. The Labute approximate surface area is 142 Å². The molecule has 120 valence electrons. The largest absolute Gasteiger partial charge is 0.294 e. The van der Waals surface area contributed by atoms with Gasteiger partial charge in [-0.3, -0.25) is 9.36 Å². The summed E-state index contributed by atoms with van der Waals surface area (Å²) in [4.78, 5) is 18.0. The first-order valence-corrected chi connectivity index (χ1v) is 8.61. The SMILES string of the molecule is Cc1nc2scc(-c3ccc4ccccc4c3)c2c(=O)n1CCF. The van der Waals surface area contributed by atoms with E-state index in [-0.39, 0.29) is 12.1 Å². The highest BCUT2D eigenvalue weighted by atomic mass is 32.1. The summed E-state index contributed by atoms with van der Waals surface area (Å²) in [6.45, 7) is 1.20. The Bertz CT molecular complexity index is 1110. The summed E-state index contributed by atoms with van der Waals surface area (Å²) in [6, 6.07) is 14.3. The maximum absolute atomic E-state index is 12.8. The lowest BCUT2D eigenvalue weighted by atomic mass is 10.0. The number of hydrogen-bond donors (Lipinski definition) is 0. The van der Waals surface area contributed by atoms with Gasteiger partial charge in [0, 0.05) is 10.9 Å². The van der Waals surface area contributed by atoms with Gasteiger partial charge in [0.2, 0.25) is 0 Å². The van der Waals surface area contributed by atoms with Crippen LogP contribution in [0.3, 0.4) is 0 Å². The minimum absolute atomic E-state index is 0.0423. The summed E-state index contributed by atoms with van der Waals surface area (Å²) >= 11 is 1.45. The Morgan fingerprint density at radius 3 is 2.75 bits per heavy atom. The molecule has 2 heterocycles. The number of rotatable bonds is 3. The van der Waals surface area contributed by atoms with Gasteiger partial charge in [0.15, 0.2) is 0 Å². The first-order chi connectivity index (χ1) is 11.7. The molecule has 0 fully saturated rings. The normalized spacial score (nSPS) is 11.4. The highest BCUT2D eigenvalue weighted by Gasteiger charge is 2.15. The van der Waals surface area contributed by atoms with E-state index in [0.717, 1.165) is 21.9 Å². The van der Waals surface area contributed by atoms with Crippen LogP contribution in [0.1, 0.15) is 5.82 Å². The van der Waals surface area contributed by atoms with Gasteiger partial charge in [-0.2, -0.15) is 0 Å². The molecule has 24 heavy (non-hydrogen) atoms. The molecule has 0 aliphatic heterocycles. The molecule has 5 heteroatoms. The average molecular weight is 338 g/mol. The Kier molecular flexibility index (Phi) is 3.65. The first kappa shape index (κ1) is 15.0. The van der Waals surface area contributed by atoms with Gasteiger partial charge in [0.1, 0.15) is 17.3 Å². The molecular formula is C19H15FN2OS. The van der Waals surface area contributed by atoms with Crippen LogP contribution in [0.5, 0.6) is 0 Å². The lowest BCUT2D eigenvalue weighted by Gasteiger charge is -2.08. The smallest absolute Gasteiger partial charge is 0.262 e. The molecule has 0 radical (unpaired) electrons. The molecule has 4 rings (SSSR count). The fourth-order valence-electron chi connectivity index (χ4n) is 3.04. The molecule has 0 spiro atoms. The number of aromatic nitrogens is 2. The fourth-order valence-corrected chi connectivity index (χ4v) is 4.03. The highest BCUT2D eigenvalue weighted by molar-refractivity contribution is 7.17. The van der Waals surface area contributed by atoms with Crippen LogP contribution >= 0.6 is 11.3 Å². The molecule has 2 aromatic heterocycles. The fraction of sp³-hybridized carbons (Fsp3) is 0.158. The summed E-state index contributed by atoms with van der Waals surface area (Å²) in [6.07, 6.45) is 0. The van der Waals surface area contributed by atoms with Gasteiger partial charge in [-0.1, -0.05) is 36.4 Å². The van der Waals surface area contributed by atoms with Crippen LogP contribution in [0.25, 0.3) is 32.1 Å². The Hall–Kier alpha value is -2.53. The molecule has 0 N–H and O–H groups in total. The van der Waals surface area contributed by atoms with Crippen molar-refractivity contribution < 1.29 is 4.39 Å². The molecule has 0 amide bonds. The highest BCUT2D eigenvalue weighted by Crippen LogP contribution is 2.32. The van der Waals surface area contributed by atoms with Crippen molar-refractivity contribution in [3.8, 4) is 11.1 Å². The van der Waals surface area contributed by atoms with Crippen LogP contribution in [-0.2, 0) is 6.54 Å². The van der Waals surface area contributed by atoms with Crippen molar-refractivity contribution >= 4 is 32.3 Å². The van der Waals surface area contributed by atoms with Crippen LogP contribution in [-0.4, -0.2) is 16.2 Å². The third-order valence-electron chi connectivity index (χ3n) is 4.25. The van der Waals surface area contributed by atoms with E-state index in [9.17, 15) is 9.18 Å². The molecule has 2 aromatic carbocycles. The summed E-state index contributed by atoms with van der Waals surface area (Å²) in [5.74, 6) is 0.553. The lowest BCUT2D eigenvalue weighted by Crippen LogP contribution is -2.24. The summed E-state index contributed by atoms with van der Waals surface area (Å²) < 4.78 is 14.2. The average Bonchev–Trinajstić information content (AvgIpc) is 3.02. The summed E-state index contributed by atoms with van der Waals surface area (Å²) in [5.41, 5.74) is 1.68. The van der Waals surface area contributed by atoms with Gasteiger partial charge in [0.05, 0.1) is 11.9 Å². The monoisotopic (exact) mass is 338 g/mol. The standard InChI is InChI=1S/C19H15FN2OS/c1-12-21-18-17(19(23)22(12)9-8-20)16(11-24-18)15-7-6-13-4-2-3-5-14(13)10-15/h2-7,10-11H,8-9H2,1H3. The van der Waals surface area contributed by atoms with E-state index in [4.69, 9.17) is 0 Å². The molecule has 0 unspecified atom stereocenters. The second kappa shape index (κ2) is 5.83. The summed E-state index contributed by atoms with van der Waals surface area (Å²) in [5, 5.41) is 4.82. The third-order valence-corrected chi connectivity index (χ3v) is 5.13.